The first-order valence-corrected chi connectivity index (χ1v) is 10.4. The Morgan fingerprint density at radius 2 is 1.85 bits per heavy atom. The molecule has 0 saturated heterocycles. The zero-order valence-corrected chi connectivity index (χ0v) is 18.7. The number of allylic oxidation sites excluding steroid dienone is 2. The van der Waals surface area contributed by atoms with Crippen molar-refractivity contribution in [3.63, 3.8) is 0 Å². The van der Waals surface area contributed by atoms with Crippen molar-refractivity contribution >= 4 is 40.1 Å². The second-order valence-corrected chi connectivity index (χ2v) is 9.79. The van der Waals surface area contributed by atoms with Gasteiger partial charge in [0.2, 0.25) is 0 Å². The van der Waals surface area contributed by atoms with Gasteiger partial charge in [-0.2, -0.15) is 0 Å². The molecule has 1 heterocycles. The fourth-order valence-corrected chi connectivity index (χ4v) is 4.45. The number of ketones is 1. The van der Waals surface area contributed by atoms with Crippen molar-refractivity contribution in [3.8, 4) is 0 Å². The minimum atomic E-state index is -0.559. The molecule has 1 aliphatic carbocycles. The predicted molar refractivity (Wildman–Crippen MR) is 115 cm³/mol. The lowest BCUT2D eigenvalue weighted by Crippen LogP contribution is -2.40. The molecule has 5 heteroatoms. The molecule has 0 amide bonds. The number of aliphatic imine (C=N–C) groups is 1. The molecule has 144 valence electrons. The summed E-state index contributed by atoms with van der Waals surface area (Å²) in [7, 11) is 0. The highest BCUT2D eigenvalue weighted by Crippen LogP contribution is 2.48. The molecule has 0 spiro atoms. The molecule has 1 unspecified atom stereocenters. The molecule has 1 aromatic rings. The van der Waals surface area contributed by atoms with Gasteiger partial charge in [0.15, 0.2) is 5.78 Å². The average Bonchev–Trinajstić information content (AvgIpc) is 2.52. The van der Waals surface area contributed by atoms with Crippen molar-refractivity contribution in [2.24, 2.45) is 16.3 Å². The lowest BCUT2D eigenvalue weighted by Gasteiger charge is -2.39. The number of halogens is 1. The van der Waals surface area contributed by atoms with Crippen LogP contribution in [0.2, 0.25) is 0 Å². The Balaban J connectivity index is 2.14. The van der Waals surface area contributed by atoms with Gasteiger partial charge in [0.1, 0.15) is 5.92 Å². The molecule has 2 aliphatic rings. The van der Waals surface area contributed by atoms with Crippen molar-refractivity contribution in [2.75, 3.05) is 0 Å². The number of nitrogens with zero attached hydrogens (tertiary/aromatic N) is 1. The summed E-state index contributed by atoms with van der Waals surface area (Å²) < 4.78 is 6.65. The molecule has 0 bridgehead atoms. The van der Waals surface area contributed by atoms with E-state index in [9.17, 15) is 9.59 Å². The van der Waals surface area contributed by atoms with Crippen molar-refractivity contribution in [1.29, 1.82) is 0 Å². The summed E-state index contributed by atoms with van der Waals surface area (Å²) in [5.74, 6) is -1.09. The summed E-state index contributed by atoms with van der Waals surface area (Å²) >= 11 is 2.26. The standard InChI is InChI=1S/C22H26INO3/c1-12(2)27-21(26)18-13(3)24-16-10-22(4,5)11-17(25)20(16)19(18)14-6-8-15(23)9-7-14/h6-9,12,18-19H,10-11H2,1-5H3/t18?,19-/m1/s1. The molecule has 0 saturated carbocycles. The first-order chi connectivity index (χ1) is 12.6. The molecule has 1 aliphatic heterocycles. The SMILES string of the molecule is CC1=NC2=C(C(=O)CC(C)(C)C2)[C@H](c2ccc(I)cc2)C1C(=O)OC(C)C. The number of carbonyl (C=O) groups is 2. The predicted octanol–water partition coefficient (Wildman–Crippen LogP) is 5.06. The highest BCUT2D eigenvalue weighted by atomic mass is 127. The van der Waals surface area contributed by atoms with E-state index < -0.39 is 5.92 Å². The third-order valence-corrected chi connectivity index (χ3v) is 5.86. The van der Waals surface area contributed by atoms with Gasteiger partial charge in [-0.3, -0.25) is 14.6 Å². The van der Waals surface area contributed by atoms with Crippen molar-refractivity contribution < 1.29 is 14.3 Å². The molecule has 2 atom stereocenters. The Kier molecular flexibility index (Phi) is 5.62. The van der Waals surface area contributed by atoms with E-state index in [2.05, 4.69) is 36.4 Å². The van der Waals surface area contributed by atoms with Crippen LogP contribution in [-0.2, 0) is 14.3 Å². The highest BCUT2D eigenvalue weighted by Gasteiger charge is 2.46. The number of hydrogen-bond donors (Lipinski definition) is 0. The number of hydrogen-bond acceptors (Lipinski definition) is 4. The van der Waals surface area contributed by atoms with Gasteiger partial charge in [-0.25, -0.2) is 0 Å². The van der Waals surface area contributed by atoms with E-state index in [1.165, 1.54) is 0 Å². The number of carbonyl (C=O) groups excluding carboxylic acids is 2. The zero-order valence-electron chi connectivity index (χ0n) is 16.5. The van der Waals surface area contributed by atoms with Crippen molar-refractivity contribution in [1.82, 2.24) is 0 Å². The largest absolute Gasteiger partial charge is 0.462 e. The fraction of sp³-hybridized carbons (Fsp3) is 0.500. The lowest BCUT2D eigenvalue weighted by molar-refractivity contribution is -0.150. The average molecular weight is 479 g/mol. The summed E-state index contributed by atoms with van der Waals surface area (Å²) in [6, 6.07) is 8.05. The number of rotatable bonds is 3. The third kappa shape index (κ3) is 4.18. The summed E-state index contributed by atoms with van der Waals surface area (Å²) in [5, 5.41) is 0. The van der Waals surface area contributed by atoms with Crippen LogP contribution < -0.4 is 0 Å². The van der Waals surface area contributed by atoms with E-state index >= 15 is 0 Å². The van der Waals surface area contributed by atoms with Gasteiger partial charge in [-0.05, 0) is 72.9 Å². The first kappa shape index (κ1) is 20.2. The molecule has 1 aromatic carbocycles. The van der Waals surface area contributed by atoms with Crippen LogP contribution in [0.25, 0.3) is 0 Å². The van der Waals surface area contributed by atoms with E-state index in [4.69, 9.17) is 9.73 Å². The maximum atomic E-state index is 13.1. The Labute approximate surface area is 174 Å². The Bertz CT molecular complexity index is 834. The summed E-state index contributed by atoms with van der Waals surface area (Å²) in [6.07, 6.45) is 1.02. The monoisotopic (exact) mass is 479 g/mol. The van der Waals surface area contributed by atoms with E-state index in [1.54, 1.807) is 0 Å². The minimum Gasteiger partial charge on any atom is -0.462 e. The van der Waals surface area contributed by atoms with Gasteiger partial charge >= 0.3 is 5.97 Å². The molecule has 0 N–H and O–H groups in total. The van der Waals surface area contributed by atoms with Crippen LogP contribution in [0.5, 0.6) is 0 Å². The van der Waals surface area contributed by atoms with Gasteiger partial charge in [0, 0.05) is 32.9 Å². The summed E-state index contributed by atoms with van der Waals surface area (Å²) in [4.78, 5) is 30.8. The van der Waals surface area contributed by atoms with Crippen LogP contribution in [0, 0.1) is 14.9 Å². The number of Topliss-reactive ketones (excluding diaryl/α,β-unsaturated/α-hetero) is 1. The minimum absolute atomic E-state index is 0.100. The zero-order chi connectivity index (χ0) is 19.9. The van der Waals surface area contributed by atoms with Crippen LogP contribution in [0.15, 0.2) is 40.5 Å². The molecular formula is C22H26INO3. The normalized spacial score (nSPS) is 24.6. The second-order valence-electron chi connectivity index (χ2n) is 8.55. The Hall–Kier alpha value is -1.50. The number of ether oxygens (including phenoxy) is 1. The van der Waals surface area contributed by atoms with Gasteiger partial charge in [0.05, 0.1) is 6.10 Å². The van der Waals surface area contributed by atoms with Gasteiger partial charge in [-0.1, -0.05) is 26.0 Å². The van der Waals surface area contributed by atoms with Gasteiger partial charge in [0.25, 0.3) is 0 Å². The van der Waals surface area contributed by atoms with Crippen LogP contribution in [-0.4, -0.2) is 23.6 Å². The fourth-order valence-electron chi connectivity index (χ4n) is 4.09. The van der Waals surface area contributed by atoms with Crippen LogP contribution >= 0.6 is 22.6 Å². The molecule has 27 heavy (non-hydrogen) atoms. The van der Waals surface area contributed by atoms with E-state index in [0.717, 1.165) is 27.0 Å². The molecular weight excluding hydrogens is 453 g/mol. The van der Waals surface area contributed by atoms with Crippen LogP contribution in [0.3, 0.4) is 0 Å². The summed E-state index contributed by atoms with van der Waals surface area (Å²) in [6.45, 7) is 9.75. The molecule has 0 radical (unpaired) electrons. The van der Waals surface area contributed by atoms with Crippen LogP contribution in [0.1, 0.15) is 58.9 Å². The van der Waals surface area contributed by atoms with Gasteiger partial charge < -0.3 is 4.74 Å². The first-order valence-electron chi connectivity index (χ1n) is 9.36. The maximum Gasteiger partial charge on any atom is 0.315 e. The second kappa shape index (κ2) is 7.49. The maximum absolute atomic E-state index is 13.1. The quantitative estimate of drug-likeness (QED) is 0.450. The topological polar surface area (TPSA) is 55.7 Å². The number of esters is 1. The molecule has 3 rings (SSSR count). The van der Waals surface area contributed by atoms with E-state index in [-0.39, 0.29) is 29.2 Å². The van der Waals surface area contributed by atoms with E-state index in [1.807, 2.05) is 45.0 Å². The smallest absolute Gasteiger partial charge is 0.315 e. The third-order valence-electron chi connectivity index (χ3n) is 5.14. The van der Waals surface area contributed by atoms with Crippen LogP contribution in [0.4, 0.5) is 0 Å². The highest BCUT2D eigenvalue weighted by molar-refractivity contribution is 14.1. The lowest BCUT2D eigenvalue weighted by atomic mass is 9.67. The van der Waals surface area contributed by atoms with Gasteiger partial charge in [-0.15, -0.1) is 0 Å². The molecule has 4 nitrogen and oxygen atoms in total. The van der Waals surface area contributed by atoms with Crippen molar-refractivity contribution in [3.05, 3.63) is 44.7 Å². The number of benzene rings is 1. The molecule has 0 fully saturated rings. The Morgan fingerprint density at radius 1 is 1.22 bits per heavy atom. The Morgan fingerprint density at radius 3 is 2.44 bits per heavy atom. The van der Waals surface area contributed by atoms with E-state index in [0.29, 0.717) is 12.0 Å². The molecule has 0 aromatic heterocycles. The van der Waals surface area contributed by atoms with Crippen molar-refractivity contribution in [2.45, 2.75) is 59.5 Å². The summed E-state index contributed by atoms with van der Waals surface area (Å²) in [5.41, 5.74) is 3.13.